The van der Waals surface area contributed by atoms with Crippen molar-refractivity contribution in [2.45, 2.75) is 26.8 Å². The van der Waals surface area contributed by atoms with Crippen LogP contribution in [0.3, 0.4) is 0 Å². The molecule has 0 fully saturated rings. The minimum Gasteiger partial charge on any atom is -0.390 e. The Labute approximate surface area is 50.7 Å². The Morgan fingerprint density at radius 3 is 1.88 bits per heavy atom. The fourth-order valence-electron chi connectivity index (χ4n) is 0.274. The molecular formula is C6H16NO+. The van der Waals surface area contributed by atoms with E-state index in [4.69, 9.17) is 5.11 Å². The molecule has 4 N–H and O–H groups in total. The molecule has 0 aliphatic rings. The van der Waals surface area contributed by atoms with Crippen LogP contribution in [0.1, 0.15) is 20.8 Å². The quantitative estimate of drug-likeness (QED) is 0.485. The van der Waals surface area contributed by atoms with Gasteiger partial charge < -0.3 is 10.8 Å². The maximum absolute atomic E-state index is 8.61. The van der Waals surface area contributed by atoms with Crippen LogP contribution in [-0.4, -0.2) is 17.8 Å². The van der Waals surface area contributed by atoms with Crippen molar-refractivity contribution in [2.75, 3.05) is 6.61 Å². The van der Waals surface area contributed by atoms with Gasteiger partial charge in [0.1, 0.15) is 6.04 Å². The van der Waals surface area contributed by atoms with Crippen molar-refractivity contribution < 1.29 is 10.8 Å². The summed E-state index contributed by atoms with van der Waals surface area (Å²) in [7, 11) is 0. The zero-order valence-electron chi connectivity index (χ0n) is 5.94. The van der Waals surface area contributed by atoms with E-state index < -0.39 is 0 Å². The van der Waals surface area contributed by atoms with Crippen molar-refractivity contribution >= 4 is 0 Å². The van der Waals surface area contributed by atoms with Gasteiger partial charge in [-0.3, -0.25) is 0 Å². The Morgan fingerprint density at radius 1 is 1.50 bits per heavy atom. The third-order valence-corrected chi connectivity index (χ3v) is 1.45. The molecule has 0 aromatic carbocycles. The molecule has 8 heavy (non-hydrogen) atoms. The van der Waals surface area contributed by atoms with Crippen molar-refractivity contribution in [1.29, 1.82) is 0 Å². The first-order valence-corrected chi connectivity index (χ1v) is 2.92. The van der Waals surface area contributed by atoms with Crippen LogP contribution in [0.2, 0.25) is 0 Å². The Morgan fingerprint density at radius 2 is 1.88 bits per heavy atom. The Hall–Kier alpha value is -0.0800. The molecule has 0 aliphatic heterocycles. The highest BCUT2D eigenvalue weighted by molar-refractivity contribution is 4.69. The van der Waals surface area contributed by atoms with Crippen molar-refractivity contribution in [3.63, 3.8) is 0 Å². The van der Waals surface area contributed by atoms with Gasteiger partial charge >= 0.3 is 0 Å². The Bertz CT molecular complexity index is 65.4. The fourth-order valence-corrected chi connectivity index (χ4v) is 0.274. The van der Waals surface area contributed by atoms with Gasteiger partial charge in [0, 0.05) is 5.41 Å². The van der Waals surface area contributed by atoms with Crippen LogP contribution in [0.15, 0.2) is 0 Å². The smallest absolute Gasteiger partial charge is 0.113 e. The SMILES string of the molecule is CC(C)(C)[C@@H]([NH3+])CO. The molecule has 0 saturated carbocycles. The van der Waals surface area contributed by atoms with E-state index >= 15 is 0 Å². The van der Waals surface area contributed by atoms with Crippen LogP contribution in [0.25, 0.3) is 0 Å². The molecule has 0 unspecified atom stereocenters. The molecular weight excluding hydrogens is 102 g/mol. The lowest BCUT2D eigenvalue weighted by Gasteiger charge is -2.20. The van der Waals surface area contributed by atoms with Gasteiger partial charge in [-0.2, -0.15) is 0 Å². The van der Waals surface area contributed by atoms with Crippen molar-refractivity contribution in [1.82, 2.24) is 0 Å². The topological polar surface area (TPSA) is 47.9 Å². The van der Waals surface area contributed by atoms with E-state index in [-0.39, 0.29) is 18.1 Å². The molecule has 2 nitrogen and oxygen atoms in total. The lowest BCUT2D eigenvalue weighted by Crippen LogP contribution is -2.68. The van der Waals surface area contributed by atoms with Crippen LogP contribution >= 0.6 is 0 Å². The first kappa shape index (κ1) is 7.92. The van der Waals surface area contributed by atoms with Gasteiger partial charge in [0.25, 0.3) is 0 Å². The normalized spacial score (nSPS) is 16.1. The maximum Gasteiger partial charge on any atom is 0.113 e. The predicted molar refractivity (Wildman–Crippen MR) is 33.2 cm³/mol. The van der Waals surface area contributed by atoms with Gasteiger partial charge in [0.15, 0.2) is 0 Å². The third kappa shape index (κ3) is 2.28. The lowest BCUT2D eigenvalue weighted by molar-refractivity contribution is -0.448. The summed E-state index contributed by atoms with van der Waals surface area (Å²) in [6.07, 6.45) is 0. The first-order chi connectivity index (χ1) is 3.48. The second kappa shape index (κ2) is 2.46. The highest BCUT2D eigenvalue weighted by atomic mass is 16.3. The zero-order chi connectivity index (χ0) is 6.78. The molecule has 0 heterocycles. The summed E-state index contributed by atoms with van der Waals surface area (Å²) in [5.74, 6) is 0. The molecule has 50 valence electrons. The van der Waals surface area contributed by atoms with Crippen molar-refractivity contribution in [3.8, 4) is 0 Å². The summed E-state index contributed by atoms with van der Waals surface area (Å²) >= 11 is 0. The summed E-state index contributed by atoms with van der Waals surface area (Å²) in [5, 5.41) is 8.61. The Kier molecular flexibility index (Phi) is 2.44. The highest BCUT2D eigenvalue weighted by Gasteiger charge is 2.22. The number of aliphatic hydroxyl groups is 1. The summed E-state index contributed by atoms with van der Waals surface area (Å²) < 4.78 is 0. The standard InChI is InChI=1S/C6H15NO/c1-6(2,3)5(7)4-8/h5,8H,4,7H2,1-3H3/p+1/t5-/m0/s1. The van der Waals surface area contributed by atoms with Gasteiger partial charge in [-0.15, -0.1) is 0 Å². The average molecular weight is 118 g/mol. The number of rotatable bonds is 1. The molecule has 0 aromatic rings. The van der Waals surface area contributed by atoms with E-state index in [0.717, 1.165) is 0 Å². The van der Waals surface area contributed by atoms with E-state index in [0.29, 0.717) is 0 Å². The van der Waals surface area contributed by atoms with Gasteiger partial charge in [0.05, 0.1) is 6.61 Å². The first-order valence-electron chi connectivity index (χ1n) is 2.92. The van der Waals surface area contributed by atoms with E-state index in [1.165, 1.54) is 0 Å². The Balaban J connectivity index is 3.62. The molecule has 0 rings (SSSR count). The molecule has 1 atom stereocenters. The number of hydrogen-bond acceptors (Lipinski definition) is 1. The summed E-state index contributed by atoms with van der Waals surface area (Å²) in [6.45, 7) is 6.40. The number of hydrogen-bond donors (Lipinski definition) is 2. The summed E-state index contributed by atoms with van der Waals surface area (Å²) in [4.78, 5) is 0. The second-order valence-corrected chi connectivity index (χ2v) is 3.25. The third-order valence-electron chi connectivity index (χ3n) is 1.45. The van der Waals surface area contributed by atoms with Crippen LogP contribution in [0.5, 0.6) is 0 Å². The van der Waals surface area contributed by atoms with Crippen LogP contribution in [0.4, 0.5) is 0 Å². The number of quaternary nitrogens is 1. The zero-order valence-corrected chi connectivity index (χ0v) is 5.94. The van der Waals surface area contributed by atoms with Gasteiger partial charge in [-0.1, -0.05) is 20.8 Å². The van der Waals surface area contributed by atoms with Crippen LogP contribution in [-0.2, 0) is 0 Å². The van der Waals surface area contributed by atoms with Gasteiger partial charge in [-0.05, 0) is 0 Å². The molecule has 0 aliphatic carbocycles. The largest absolute Gasteiger partial charge is 0.390 e. The molecule has 0 spiro atoms. The van der Waals surface area contributed by atoms with Crippen molar-refractivity contribution in [3.05, 3.63) is 0 Å². The number of aliphatic hydroxyl groups excluding tert-OH is 1. The maximum atomic E-state index is 8.61. The molecule has 2 heteroatoms. The monoisotopic (exact) mass is 118 g/mol. The fraction of sp³-hybridized carbons (Fsp3) is 1.00. The molecule has 0 radical (unpaired) electrons. The van der Waals surface area contributed by atoms with E-state index in [2.05, 4.69) is 26.5 Å². The van der Waals surface area contributed by atoms with E-state index in [9.17, 15) is 0 Å². The van der Waals surface area contributed by atoms with Gasteiger partial charge in [0.2, 0.25) is 0 Å². The minimum atomic E-state index is 0.148. The molecule has 0 aromatic heterocycles. The van der Waals surface area contributed by atoms with Crippen LogP contribution < -0.4 is 5.73 Å². The van der Waals surface area contributed by atoms with E-state index in [1.54, 1.807) is 0 Å². The highest BCUT2D eigenvalue weighted by Crippen LogP contribution is 2.14. The van der Waals surface area contributed by atoms with Crippen LogP contribution in [0, 0.1) is 5.41 Å². The minimum absolute atomic E-state index is 0.148. The second-order valence-electron chi connectivity index (χ2n) is 3.25. The lowest BCUT2D eigenvalue weighted by atomic mass is 9.88. The summed E-state index contributed by atoms with van der Waals surface area (Å²) in [5.41, 5.74) is 3.93. The van der Waals surface area contributed by atoms with Gasteiger partial charge in [-0.25, -0.2) is 0 Å². The summed E-state index contributed by atoms with van der Waals surface area (Å²) in [6, 6.07) is 0.155. The predicted octanol–water partition coefficient (Wildman–Crippen LogP) is -0.365. The molecule has 0 saturated heterocycles. The van der Waals surface area contributed by atoms with E-state index in [1.807, 2.05) is 0 Å². The average Bonchev–Trinajstić information content (AvgIpc) is 1.62. The molecule has 0 amide bonds. The molecule has 0 bridgehead atoms. The van der Waals surface area contributed by atoms with Crippen molar-refractivity contribution in [2.24, 2.45) is 5.41 Å².